The number of fused-ring (bicyclic) bond motifs is 1. The van der Waals surface area contributed by atoms with Crippen molar-refractivity contribution in [2.45, 2.75) is 38.8 Å². The number of nitro benzene ring substituents is 1. The molecule has 0 saturated heterocycles. The lowest BCUT2D eigenvalue weighted by Gasteiger charge is -2.18. The van der Waals surface area contributed by atoms with E-state index in [4.69, 9.17) is 0 Å². The van der Waals surface area contributed by atoms with E-state index >= 15 is 0 Å². The number of amides is 1. The van der Waals surface area contributed by atoms with Crippen molar-refractivity contribution in [3.8, 4) is 0 Å². The molecule has 6 heteroatoms. The quantitative estimate of drug-likeness (QED) is 0.284. The Labute approximate surface area is 193 Å². The van der Waals surface area contributed by atoms with E-state index < -0.39 is 0 Å². The number of carbonyl (C=O) groups is 1. The van der Waals surface area contributed by atoms with Gasteiger partial charge in [0.2, 0.25) is 5.91 Å². The van der Waals surface area contributed by atoms with Crippen LogP contribution in [0.4, 0.5) is 5.69 Å². The van der Waals surface area contributed by atoms with Crippen LogP contribution >= 0.6 is 0 Å². The second-order valence-corrected chi connectivity index (χ2v) is 8.55. The fourth-order valence-electron chi connectivity index (χ4n) is 4.27. The SMILES string of the molecule is CC(C)NC(=O)C[C@@H](c1ccccc1)c1cn(Cc2ccccc2)c2ccc([N+](=O)[O-])cc12. The highest BCUT2D eigenvalue weighted by atomic mass is 16.6. The maximum Gasteiger partial charge on any atom is 0.270 e. The molecule has 1 amide bonds. The maximum absolute atomic E-state index is 12.8. The van der Waals surface area contributed by atoms with Gasteiger partial charge in [-0.1, -0.05) is 60.7 Å². The van der Waals surface area contributed by atoms with Crippen LogP contribution < -0.4 is 5.32 Å². The number of carbonyl (C=O) groups excluding carboxylic acids is 1. The van der Waals surface area contributed by atoms with Crippen molar-refractivity contribution < 1.29 is 9.72 Å². The minimum Gasteiger partial charge on any atom is -0.354 e. The number of benzene rings is 3. The Bertz CT molecular complexity index is 1260. The Morgan fingerprint density at radius 3 is 2.30 bits per heavy atom. The van der Waals surface area contributed by atoms with Gasteiger partial charge in [0.15, 0.2) is 0 Å². The van der Waals surface area contributed by atoms with Crippen LogP contribution in [-0.2, 0) is 11.3 Å². The normalized spacial score (nSPS) is 12.1. The van der Waals surface area contributed by atoms with E-state index in [1.165, 1.54) is 6.07 Å². The fraction of sp³-hybridized carbons (Fsp3) is 0.222. The molecule has 168 valence electrons. The number of aromatic nitrogens is 1. The summed E-state index contributed by atoms with van der Waals surface area (Å²) in [6, 6.07) is 24.9. The van der Waals surface area contributed by atoms with E-state index in [-0.39, 0.29) is 34.9 Å². The molecule has 6 nitrogen and oxygen atoms in total. The topological polar surface area (TPSA) is 77.2 Å². The summed E-state index contributed by atoms with van der Waals surface area (Å²) < 4.78 is 2.11. The molecule has 4 rings (SSSR count). The molecule has 1 N–H and O–H groups in total. The first-order valence-corrected chi connectivity index (χ1v) is 11.1. The van der Waals surface area contributed by atoms with Gasteiger partial charge in [-0.15, -0.1) is 0 Å². The van der Waals surface area contributed by atoms with Crippen molar-refractivity contribution in [2.24, 2.45) is 0 Å². The molecule has 0 radical (unpaired) electrons. The molecule has 3 aromatic carbocycles. The number of rotatable bonds is 8. The first-order valence-electron chi connectivity index (χ1n) is 11.1. The number of hydrogen-bond donors (Lipinski definition) is 1. The predicted molar refractivity (Wildman–Crippen MR) is 130 cm³/mol. The van der Waals surface area contributed by atoms with Crippen molar-refractivity contribution in [2.75, 3.05) is 0 Å². The van der Waals surface area contributed by atoms with E-state index in [0.29, 0.717) is 6.54 Å². The van der Waals surface area contributed by atoms with Crippen molar-refractivity contribution >= 4 is 22.5 Å². The standard InChI is InChI=1S/C27H27N3O3/c1-19(2)28-27(31)16-23(21-11-7-4-8-12-21)25-18-29(17-20-9-5-3-6-10-20)26-14-13-22(30(32)33)15-24(25)26/h3-15,18-19,23H,16-17H2,1-2H3,(H,28,31)/t23-/m0/s1. The lowest BCUT2D eigenvalue weighted by molar-refractivity contribution is -0.384. The van der Waals surface area contributed by atoms with Gasteiger partial charge in [0.05, 0.1) is 4.92 Å². The highest BCUT2D eigenvalue weighted by Gasteiger charge is 2.24. The van der Waals surface area contributed by atoms with Crippen molar-refractivity contribution in [3.05, 3.63) is 112 Å². The summed E-state index contributed by atoms with van der Waals surface area (Å²) in [6.07, 6.45) is 2.30. The van der Waals surface area contributed by atoms with Crippen LogP contribution in [0.5, 0.6) is 0 Å². The maximum atomic E-state index is 12.8. The Morgan fingerprint density at radius 1 is 1.00 bits per heavy atom. The zero-order valence-electron chi connectivity index (χ0n) is 18.8. The molecule has 0 saturated carbocycles. The summed E-state index contributed by atoms with van der Waals surface area (Å²) in [6.45, 7) is 4.50. The molecular formula is C27H27N3O3. The largest absolute Gasteiger partial charge is 0.354 e. The number of non-ortho nitro benzene ring substituents is 1. The summed E-state index contributed by atoms with van der Waals surface area (Å²) in [5.74, 6) is -0.278. The summed E-state index contributed by atoms with van der Waals surface area (Å²) in [4.78, 5) is 23.9. The summed E-state index contributed by atoms with van der Waals surface area (Å²) in [7, 11) is 0. The Kier molecular flexibility index (Phi) is 6.54. The average molecular weight is 442 g/mol. The van der Waals surface area contributed by atoms with Gasteiger partial charge in [-0.2, -0.15) is 0 Å². The van der Waals surface area contributed by atoms with Crippen LogP contribution in [0.25, 0.3) is 10.9 Å². The molecule has 33 heavy (non-hydrogen) atoms. The van der Waals surface area contributed by atoms with E-state index in [1.807, 2.05) is 68.6 Å². The number of nitrogens with zero attached hydrogens (tertiary/aromatic N) is 2. The third kappa shape index (κ3) is 5.12. The molecule has 1 atom stereocenters. The molecule has 1 heterocycles. The van der Waals surface area contributed by atoms with E-state index in [1.54, 1.807) is 12.1 Å². The van der Waals surface area contributed by atoms with Gasteiger partial charge in [-0.25, -0.2) is 0 Å². The van der Waals surface area contributed by atoms with E-state index in [9.17, 15) is 14.9 Å². The highest BCUT2D eigenvalue weighted by Crippen LogP contribution is 2.36. The molecule has 0 unspecified atom stereocenters. The number of nitro groups is 1. The minimum atomic E-state index is -0.374. The van der Waals surface area contributed by atoms with Gasteiger partial charge >= 0.3 is 0 Å². The zero-order valence-corrected chi connectivity index (χ0v) is 18.8. The van der Waals surface area contributed by atoms with Crippen molar-refractivity contribution in [1.82, 2.24) is 9.88 Å². The Hall–Kier alpha value is -3.93. The number of nitrogens with one attached hydrogen (secondary N) is 1. The van der Waals surface area contributed by atoms with Crippen LogP contribution in [-0.4, -0.2) is 21.4 Å². The highest BCUT2D eigenvalue weighted by molar-refractivity contribution is 5.88. The molecule has 1 aromatic heterocycles. The predicted octanol–water partition coefficient (Wildman–Crippen LogP) is 5.64. The zero-order chi connectivity index (χ0) is 23.4. The van der Waals surface area contributed by atoms with Crippen molar-refractivity contribution in [1.29, 1.82) is 0 Å². The molecule has 0 spiro atoms. The summed E-state index contributed by atoms with van der Waals surface area (Å²) >= 11 is 0. The molecule has 0 aliphatic carbocycles. The van der Waals surface area contributed by atoms with Gasteiger partial charge < -0.3 is 9.88 Å². The van der Waals surface area contributed by atoms with Crippen LogP contribution in [0.1, 0.15) is 42.9 Å². The Morgan fingerprint density at radius 2 is 1.67 bits per heavy atom. The van der Waals surface area contributed by atoms with Gasteiger partial charge in [0.1, 0.15) is 0 Å². The summed E-state index contributed by atoms with van der Waals surface area (Å²) in [5, 5.41) is 15.3. The second kappa shape index (κ2) is 9.69. The van der Waals surface area contributed by atoms with Gasteiger partial charge in [-0.05, 0) is 36.6 Å². The second-order valence-electron chi connectivity index (χ2n) is 8.55. The van der Waals surface area contributed by atoms with Crippen molar-refractivity contribution in [3.63, 3.8) is 0 Å². The molecule has 0 fully saturated rings. The molecule has 0 aliphatic heterocycles. The van der Waals surface area contributed by atoms with Crippen LogP contribution in [0, 0.1) is 10.1 Å². The lowest BCUT2D eigenvalue weighted by Crippen LogP contribution is -2.31. The minimum absolute atomic E-state index is 0.0365. The third-order valence-corrected chi connectivity index (χ3v) is 5.72. The first-order chi connectivity index (χ1) is 15.9. The van der Waals surface area contributed by atoms with Gasteiger partial charge in [0.25, 0.3) is 5.69 Å². The van der Waals surface area contributed by atoms with Crippen LogP contribution in [0.3, 0.4) is 0 Å². The monoisotopic (exact) mass is 441 g/mol. The third-order valence-electron chi connectivity index (χ3n) is 5.72. The lowest BCUT2D eigenvalue weighted by atomic mass is 9.88. The molecule has 0 bridgehead atoms. The average Bonchev–Trinajstić information content (AvgIpc) is 3.15. The summed E-state index contributed by atoms with van der Waals surface area (Å²) in [5.41, 5.74) is 3.99. The molecular weight excluding hydrogens is 414 g/mol. The van der Waals surface area contributed by atoms with E-state index in [0.717, 1.165) is 27.6 Å². The molecule has 4 aromatic rings. The van der Waals surface area contributed by atoms with E-state index in [2.05, 4.69) is 22.0 Å². The van der Waals surface area contributed by atoms with Gasteiger partial charge in [0, 0.05) is 54.2 Å². The Balaban J connectivity index is 1.86. The van der Waals surface area contributed by atoms with Gasteiger partial charge in [-0.3, -0.25) is 14.9 Å². The molecule has 0 aliphatic rings. The van der Waals surface area contributed by atoms with Crippen LogP contribution in [0.2, 0.25) is 0 Å². The first kappa shape index (κ1) is 22.3. The van der Waals surface area contributed by atoms with Crippen LogP contribution in [0.15, 0.2) is 85.1 Å². The smallest absolute Gasteiger partial charge is 0.270 e. The number of hydrogen-bond acceptors (Lipinski definition) is 3. The fourth-order valence-corrected chi connectivity index (χ4v) is 4.27.